The fraction of sp³-hybridized carbons (Fsp3) is 0.474. The van der Waals surface area contributed by atoms with Crippen LogP contribution in [0.1, 0.15) is 19.3 Å². The summed E-state index contributed by atoms with van der Waals surface area (Å²) in [5.41, 5.74) is 0. The van der Waals surface area contributed by atoms with Gasteiger partial charge in [0.25, 0.3) is 0 Å². The van der Waals surface area contributed by atoms with Gasteiger partial charge in [-0.05, 0) is 29.9 Å². The molecule has 14 heteroatoms. The van der Waals surface area contributed by atoms with Crippen LogP contribution in [0, 0.1) is 16.0 Å². The second-order valence-corrected chi connectivity index (χ2v) is 9.31. The molecular formula is C19H22F3N5O5S. The monoisotopic (exact) mass is 489 g/mol. The molecule has 1 saturated heterocycles. The molecule has 1 fully saturated rings. The van der Waals surface area contributed by atoms with Gasteiger partial charge < -0.3 is 15.0 Å². The number of nitrogens with zero attached hydrogens (tertiary/aromatic N) is 4. The number of alkyl halides is 3. The van der Waals surface area contributed by atoms with E-state index < -0.39 is 44.9 Å². The van der Waals surface area contributed by atoms with Crippen molar-refractivity contribution in [1.29, 1.82) is 0 Å². The van der Waals surface area contributed by atoms with E-state index in [0.717, 1.165) is 4.57 Å². The molecule has 0 radical (unpaired) electrons. The largest absolute Gasteiger partial charge is 0.434 e. The summed E-state index contributed by atoms with van der Waals surface area (Å²) < 4.78 is 67.9. The van der Waals surface area contributed by atoms with Crippen LogP contribution in [0.4, 0.5) is 19.1 Å². The third-order valence-corrected chi connectivity index (χ3v) is 6.92. The molecule has 2 aromatic rings. The quantitative estimate of drug-likeness (QED) is 0.448. The molecule has 0 spiro atoms. The van der Waals surface area contributed by atoms with E-state index in [-0.39, 0.29) is 43.8 Å². The number of piperidine rings is 1. The van der Waals surface area contributed by atoms with Gasteiger partial charge in [0.15, 0.2) is 0 Å². The standard InChI is InChI=1S/C19H22F3N5O5S/c20-19(21,22)14-6-10-25(11-7-14)17(28)16(8-12-26-13-9-23-18(26)27(29)30)24-33(31,32)15-4-2-1-3-5-15/h1-5,9,13-14,16,24H,6-8,10-12H2. The molecule has 1 N–H and O–H groups in total. The van der Waals surface area contributed by atoms with Crippen LogP contribution in [-0.4, -0.2) is 59.0 Å². The Balaban J connectivity index is 1.78. The number of aromatic nitrogens is 2. The van der Waals surface area contributed by atoms with Crippen molar-refractivity contribution in [3.05, 3.63) is 52.8 Å². The van der Waals surface area contributed by atoms with Crippen LogP contribution in [-0.2, 0) is 21.4 Å². The lowest BCUT2D eigenvalue weighted by atomic mass is 9.95. The lowest BCUT2D eigenvalue weighted by Crippen LogP contribution is -2.51. The number of rotatable bonds is 8. The first-order valence-corrected chi connectivity index (χ1v) is 11.6. The maximum atomic E-state index is 13.1. The van der Waals surface area contributed by atoms with Crippen molar-refractivity contribution in [2.45, 2.75) is 42.9 Å². The maximum Gasteiger partial charge on any atom is 0.434 e. The number of amides is 1. The molecule has 1 aromatic carbocycles. The van der Waals surface area contributed by atoms with Crippen LogP contribution < -0.4 is 4.72 Å². The second-order valence-electron chi connectivity index (χ2n) is 7.59. The summed E-state index contributed by atoms with van der Waals surface area (Å²) >= 11 is 0. The lowest BCUT2D eigenvalue weighted by molar-refractivity contribution is -0.396. The van der Waals surface area contributed by atoms with Crippen LogP contribution in [0.25, 0.3) is 0 Å². The first-order chi connectivity index (χ1) is 15.5. The van der Waals surface area contributed by atoms with Gasteiger partial charge in [0, 0.05) is 19.5 Å². The van der Waals surface area contributed by atoms with E-state index in [4.69, 9.17) is 0 Å². The summed E-state index contributed by atoms with van der Waals surface area (Å²) in [5, 5.41) is 11.1. The van der Waals surface area contributed by atoms with Crippen molar-refractivity contribution in [3.8, 4) is 0 Å². The topological polar surface area (TPSA) is 127 Å². The number of carbonyl (C=O) groups is 1. The lowest BCUT2D eigenvalue weighted by Gasteiger charge is -2.35. The molecule has 1 aliphatic rings. The molecule has 1 atom stereocenters. The van der Waals surface area contributed by atoms with E-state index in [9.17, 15) is 36.5 Å². The highest BCUT2D eigenvalue weighted by Crippen LogP contribution is 2.34. The molecule has 1 aromatic heterocycles. The van der Waals surface area contributed by atoms with E-state index in [0.29, 0.717) is 0 Å². The van der Waals surface area contributed by atoms with Gasteiger partial charge in [-0.15, -0.1) is 0 Å². The van der Waals surface area contributed by atoms with Gasteiger partial charge in [0.1, 0.15) is 18.4 Å². The minimum Gasteiger partial charge on any atom is -0.390 e. The molecular weight excluding hydrogens is 467 g/mol. The number of nitro groups is 1. The van der Waals surface area contributed by atoms with Crippen molar-refractivity contribution < 1.29 is 31.3 Å². The molecule has 2 heterocycles. The van der Waals surface area contributed by atoms with Gasteiger partial charge in [0.05, 0.1) is 17.4 Å². The molecule has 1 amide bonds. The average Bonchev–Trinajstić information content (AvgIpc) is 3.25. The molecule has 3 rings (SSSR count). The molecule has 33 heavy (non-hydrogen) atoms. The fourth-order valence-corrected chi connectivity index (χ4v) is 4.90. The van der Waals surface area contributed by atoms with E-state index in [2.05, 4.69) is 9.71 Å². The van der Waals surface area contributed by atoms with Crippen molar-refractivity contribution in [2.24, 2.45) is 5.92 Å². The Kier molecular flexibility index (Phi) is 7.37. The molecule has 0 bridgehead atoms. The van der Waals surface area contributed by atoms with Gasteiger partial charge in [-0.3, -0.25) is 4.79 Å². The Morgan fingerprint density at radius 1 is 1.24 bits per heavy atom. The van der Waals surface area contributed by atoms with E-state index in [1.54, 1.807) is 6.07 Å². The summed E-state index contributed by atoms with van der Waals surface area (Å²) in [7, 11) is -4.13. The third-order valence-electron chi connectivity index (χ3n) is 5.43. The summed E-state index contributed by atoms with van der Waals surface area (Å²) in [6.45, 7) is -0.446. The van der Waals surface area contributed by atoms with Crippen molar-refractivity contribution >= 4 is 21.9 Å². The Bertz CT molecular complexity index is 1080. The molecule has 10 nitrogen and oxygen atoms in total. The summed E-state index contributed by atoms with van der Waals surface area (Å²) in [6.07, 6.45) is -2.56. The van der Waals surface area contributed by atoms with Gasteiger partial charge in [-0.25, -0.2) is 13.0 Å². The van der Waals surface area contributed by atoms with E-state index >= 15 is 0 Å². The number of sulfonamides is 1. The Labute approximate surface area is 187 Å². The zero-order valence-corrected chi connectivity index (χ0v) is 18.1. The highest BCUT2D eigenvalue weighted by Gasteiger charge is 2.42. The van der Waals surface area contributed by atoms with Gasteiger partial charge in [0.2, 0.25) is 15.9 Å². The summed E-state index contributed by atoms with van der Waals surface area (Å²) in [6, 6.07) is 5.95. The smallest absolute Gasteiger partial charge is 0.390 e. The number of halogens is 3. The average molecular weight is 489 g/mol. The van der Waals surface area contributed by atoms with Crippen LogP contribution in [0.3, 0.4) is 0 Å². The number of imidazole rings is 1. The number of hydrogen-bond acceptors (Lipinski definition) is 6. The number of hydrogen-bond donors (Lipinski definition) is 1. The Hall–Kier alpha value is -3.00. The zero-order valence-electron chi connectivity index (χ0n) is 17.3. The second kappa shape index (κ2) is 9.87. The van der Waals surface area contributed by atoms with Crippen molar-refractivity contribution in [1.82, 2.24) is 19.2 Å². The molecule has 0 aliphatic carbocycles. The highest BCUT2D eigenvalue weighted by molar-refractivity contribution is 7.89. The SMILES string of the molecule is O=C(C(CCn1ccnc1[N+](=O)[O-])NS(=O)(=O)c1ccccc1)N1CCC(C(F)(F)F)CC1. The minimum absolute atomic E-state index is 0.0906. The molecule has 1 unspecified atom stereocenters. The number of aryl methyl sites for hydroxylation is 1. The normalized spacial score (nSPS) is 16.5. The van der Waals surface area contributed by atoms with Crippen LogP contribution in [0.2, 0.25) is 0 Å². The number of carbonyl (C=O) groups excluding carboxylic acids is 1. The van der Waals surface area contributed by atoms with Crippen LogP contribution >= 0.6 is 0 Å². The number of nitrogens with one attached hydrogen (secondary N) is 1. The predicted molar refractivity (Wildman–Crippen MR) is 109 cm³/mol. The zero-order chi connectivity index (χ0) is 24.2. The Morgan fingerprint density at radius 2 is 1.88 bits per heavy atom. The molecule has 0 saturated carbocycles. The first-order valence-electron chi connectivity index (χ1n) is 10.1. The highest BCUT2D eigenvalue weighted by atomic mass is 32.2. The summed E-state index contributed by atoms with van der Waals surface area (Å²) in [4.78, 5) is 28.2. The van der Waals surface area contributed by atoms with Crippen LogP contribution in [0.15, 0.2) is 47.6 Å². The van der Waals surface area contributed by atoms with Crippen LogP contribution in [0.5, 0.6) is 0 Å². The fourth-order valence-electron chi connectivity index (χ4n) is 3.65. The first kappa shape index (κ1) is 24.6. The third kappa shape index (κ3) is 6.07. The molecule has 1 aliphatic heterocycles. The number of likely N-dealkylation sites (tertiary alicyclic amines) is 1. The predicted octanol–water partition coefficient (Wildman–Crippen LogP) is 2.33. The Morgan fingerprint density at radius 3 is 2.45 bits per heavy atom. The van der Waals surface area contributed by atoms with Gasteiger partial charge >= 0.3 is 12.1 Å². The van der Waals surface area contributed by atoms with Crippen molar-refractivity contribution in [2.75, 3.05) is 13.1 Å². The summed E-state index contributed by atoms with van der Waals surface area (Å²) in [5.74, 6) is -2.68. The van der Waals surface area contributed by atoms with E-state index in [1.165, 1.54) is 41.6 Å². The minimum atomic E-state index is -4.36. The van der Waals surface area contributed by atoms with Crippen molar-refractivity contribution in [3.63, 3.8) is 0 Å². The maximum absolute atomic E-state index is 13.1. The van der Waals surface area contributed by atoms with Gasteiger partial charge in [-0.1, -0.05) is 23.2 Å². The number of benzene rings is 1. The molecule has 180 valence electrons. The van der Waals surface area contributed by atoms with Gasteiger partial charge in [-0.2, -0.15) is 17.9 Å². The van der Waals surface area contributed by atoms with E-state index in [1.807, 2.05) is 0 Å².